The quantitative estimate of drug-likeness (QED) is 0.359. The fourth-order valence-corrected chi connectivity index (χ4v) is 2.93. The summed E-state index contributed by atoms with van der Waals surface area (Å²) in [5.41, 5.74) is -7.97. The highest BCUT2D eigenvalue weighted by atomic mass is 19.4. The molecule has 2 N–H and O–H groups in total. The Labute approximate surface area is 192 Å². The van der Waals surface area contributed by atoms with Crippen molar-refractivity contribution in [1.82, 2.24) is 4.98 Å². The fourth-order valence-electron chi connectivity index (χ4n) is 2.93. The summed E-state index contributed by atoms with van der Waals surface area (Å²) in [6, 6.07) is 7.85. The number of halogens is 8. The van der Waals surface area contributed by atoms with Crippen molar-refractivity contribution >= 4 is 17.4 Å². The molecular formula is C22H15F8N3O2. The van der Waals surface area contributed by atoms with Gasteiger partial charge in [-0.1, -0.05) is 6.07 Å². The standard InChI is InChI=1S/C22H15F8N3O2/c1-12-10-16(8-9-31-12)35-15-5-3-14(4-6-15)32-19(34)33-18-11-13(2-7-17(18)23)20(24,21(25,26)27)22(28,29)30/h2-11H,1H3,(H2,32,33,34). The Morgan fingerprint density at radius 2 is 1.46 bits per heavy atom. The minimum atomic E-state index is -6.39. The molecule has 3 aromatic rings. The number of amides is 2. The monoisotopic (exact) mass is 505 g/mol. The van der Waals surface area contributed by atoms with Gasteiger partial charge in [-0.2, -0.15) is 26.3 Å². The first-order valence-electron chi connectivity index (χ1n) is 9.61. The Hall–Kier alpha value is -3.90. The van der Waals surface area contributed by atoms with Gasteiger partial charge in [-0.25, -0.2) is 13.6 Å². The second-order valence-corrected chi connectivity index (χ2v) is 7.19. The Morgan fingerprint density at radius 3 is 2.03 bits per heavy atom. The molecule has 0 radical (unpaired) electrons. The van der Waals surface area contributed by atoms with Gasteiger partial charge in [0.05, 0.1) is 5.69 Å². The van der Waals surface area contributed by atoms with Gasteiger partial charge in [-0.15, -0.1) is 0 Å². The van der Waals surface area contributed by atoms with Gasteiger partial charge in [0.25, 0.3) is 0 Å². The van der Waals surface area contributed by atoms with E-state index >= 15 is 0 Å². The zero-order chi connectivity index (χ0) is 26.0. The number of hydrogen-bond donors (Lipinski definition) is 2. The number of anilines is 2. The summed E-state index contributed by atoms with van der Waals surface area (Å²) in [6.07, 6.45) is -11.2. The van der Waals surface area contributed by atoms with Gasteiger partial charge in [0.2, 0.25) is 0 Å². The number of nitrogens with one attached hydrogen (secondary N) is 2. The van der Waals surface area contributed by atoms with E-state index in [-0.39, 0.29) is 23.9 Å². The summed E-state index contributed by atoms with van der Waals surface area (Å²) in [4.78, 5) is 16.2. The maximum Gasteiger partial charge on any atom is 0.435 e. The SMILES string of the molecule is Cc1cc(Oc2ccc(NC(=O)Nc3cc(C(F)(C(F)(F)F)C(F)(F)F)ccc3F)cc2)ccn1. The predicted octanol–water partition coefficient (Wildman–Crippen LogP) is 7.25. The maximum atomic E-state index is 14.2. The van der Waals surface area contributed by atoms with Crippen molar-refractivity contribution in [1.29, 1.82) is 0 Å². The lowest BCUT2D eigenvalue weighted by Crippen LogP contribution is -2.50. The van der Waals surface area contributed by atoms with Crippen molar-refractivity contribution in [2.75, 3.05) is 10.6 Å². The Kier molecular flexibility index (Phi) is 6.90. The third-order valence-corrected chi connectivity index (χ3v) is 4.61. The largest absolute Gasteiger partial charge is 0.457 e. The highest BCUT2D eigenvalue weighted by Gasteiger charge is 2.73. The van der Waals surface area contributed by atoms with Gasteiger partial charge >= 0.3 is 24.1 Å². The Balaban J connectivity index is 1.74. The number of nitrogens with zero attached hydrogens (tertiary/aromatic N) is 1. The van der Waals surface area contributed by atoms with Crippen LogP contribution in [0.15, 0.2) is 60.8 Å². The fraction of sp³-hybridized carbons (Fsp3) is 0.182. The number of carbonyl (C=O) groups is 1. The molecule has 0 aliphatic carbocycles. The van der Waals surface area contributed by atoms with Gasteiger partial charge in [0.1, 0.15) is 17.3 Å². The van der Waals surface area contributed by atoms with E-state index < -0.39 is 41.1 Å². The van der Waals surface area contributed by atoms with E-state index in [4.69, 9.17) is 4.74 Å². The van der Waals surface area contributed by atoms with E-state index in [0.29, 0.717) is 17.2 Å². The number of carbonyl (C=O) groups excluding carboxylic acids is 1. The molecule has 13 heteroatoms. The predicted molar refractivity (Wildman–Crippen MR) is 109 cm³/mol. The summed E-state index contributed by atoms with van der Waals surface area (Å²) in [6.45, 7) is 1.76. The molecule has 1 aromatic heterocycles. The van der Waals surface area contributed by atoms with Gasteiger partial charge in [0.15, 0.2) is 0 Å². The van der Waals surface area contributed by atoms with Crippen LogP contribution in [0.4, 0.5) is 51.3 Å². The number of pyridine rings is 1. The van der Waals surface area contributed by atoms with Gasteiger partial charge in [0, 0.05) is 29.2 Å². The molecule has 0 unspecified atom stereocenters. The molecule has 0 atom stereocenters. The lowest BCUT2D eigenvalue weighted by molar-refractivity contribution is -0.348. The Morgan fingerprint density at radius 1 is 0.829 bits per heavy atom. The number of aryl methyl sites for hydroxylation is 1. The molecule has 2 aromatic carbocycles. The zero-order valence-corrected chi connectivity index (χ0v) is 17.6. The van der Waals surface area contributed by atoms with Crippen LogP contribution >= 0.6 is 0 Å². The van der Waals surface area contributed by atoms with Crippen molar-refractivity contribution in [3.8, 4) is 11.5 Å². The van der Waals surface area contributed by atoms with E-state index in [2.05, 4.69) is 10.3 Å². The third-order valence-electron chi connectivity index (χ3n) is 4.61. The number of ether oxygens (including phenoxy) is 1. The average molecular weight is 505 g/mol. The molecule has 5 nitrogen and oxygen atoms in total. The van der Waals surface area contributed by atoms with E-state index in [9.17, 15) is 39.9 Å². The van der Waals surface area contributed by atoms with E-state index in [0.717, 1.165) is 0 Å². The molecule has 1 heterocycles. The molecule has 0 bridgehead atoms. The van der Waals surface area contributed by atoms with Crippen molar-refractivity contribution in [2.45, 2.75) is 24.9 Å². The van der Waals surface area contributed by atoms with Crippen LogP contribution < -0.4 is 15.4 Å². The summed E-state index contributed by atoms with van der Waals surface area (Å²) in [5.74, 6) is -0.515. The van der Waals surface area contributed by atoms with Crippen LogP contribution in [0.3, 0.4) is 0 Å². The van der Waals surface area contributed by atoms with Crippen molar-refractivity contribution in [3.05, 3.63) is 77.9 Å². The third kappa shape index (κ3) is 5.61. The number of urea groups is 1. The molecular weight excluding hydrogens is 490 g/mol. The molecule has 0 spiro atoms. The van der Waals surface area contributed by atoms with Crippen LogP contribution in [0.1, 0.15) is 11.3 Å². The maximum absolute atomic E-state index is 14.2. The molecule has 0 aliphatic rings. The summed E-state index contributed by atoms with van der Waals surface area (Å²) >= 11 is 0. The van der Waals surface area contributed by atoms with Gasteiger partial charge in [-0.05, 0) is 49.4 Å². The van der Waals surface area contributed by atoms with Crippen molar-refractivity contribution < 1.29 is 44.7 Å². The smallest absolute Gasteiger partial charge is 0.435 e. The number of hydrogen-bond acceptors (Lipinski definition) is 3. The van der Waals surface area contributed by atoms with Crippen LogP contribution in [0.2, 0.25) is 0 Å². The second kappa shape index (κ2) is 9.39. The molecule has 2 amide bonds. The molecule has 0 saturated heterocycles. The number of rotatable bonds is 5. The normalized spacial score (nSPS) is 12.3. The van der Waals surface area contributed by atoms with Gasteiger partial charge in [-0.3, -0.25) is 4.98 Å². The highest BCUT2D eigenvalue weighted by molar-refractivity contribution is 5.99. The van der Waals surface area contributed by atoms with E-state index in [1.807, 2.05) is 0 Å². The minimum Gasteiger partial charge on any atom is -0.457 e. The van der Waals surface area contributed by atoms with Crippen molar-refractivity contribution in [3.63, 3.8) is 0 Å². The van der Waals surface area contributed by atoms with Crippen LogP contribution in [0.5, 0.6) is 11.5 Å². The van der Waals surface area contributed by atoms with Crippen molar-refractivity contribution in [2.24, 2.45) is 0 Å². The minimum absolute atomic E-state index is 0.00240. The first kappa shape index (κ1) is 25.7. The average Bonchev–Trinajstić information content (AvgIpc) is 2.74. The Bertz CT molecular complexity index is 1200. The van der Waals surface area contributed by atoms with E-state index in [1.165, 1.54) is 30.5 Å². The van der Waals surface area contributed by atoms with Crippen LogP contribution in [-0.4, -0.2) is 23.4 Å². The molecule has 35 heavy (non-hydrogen) atoms. The van der Waals surface area contributed by atoms with Crippen LogP contribution in [0, 0.1) is 12.7 Å². The number of benzene rings is 2. The number of alkyl halides is 7. The molecule has 0 saturated carbocycles. The zero-order valence-electron chi connectivity index (χ0n) is 17.6. The number of aromatic nitrogens is 1. The molecule has 3 rings (SSSR count). The van der Waals surface area contributed by atoms with Crippen LogP contribution in [0.25, 0.3) is 0 Å². The highest BCUT2D eigenvalue weighted by Crippen LogP contribution is 2.53. The van der Waals surface area contributed by atoms with E-state index in [1.54, 1.807) is 24.4 Å². The summed E-state index contributed by atoms with van der Waals surface area (Å²) < 4.78 is 112. The summed E-state index contributed by atoms with van der Waals surface area (Å²) in [7, 11) is 0. The van der Waals surface area contributed by atoms with Gasteiger partial charge < -0.3 is 15.4 Å². The first-order chi connectivity index (χ1) is 16.2. The molecule has 0 aliphatic heterocycles. The topological polar surface area (TPSA) is 63.2 Å². The van der Waals surface area contributed by atoms with Crippen LogP contribution in [-0.2, 0) is 5.67 Å². The lowest BCUT2D eigenvalue weighted by atomic mass is 9.93. The lowest BCUT2D eigenvalue weighted by Gasteiger charge is -2.30. The first-order valence-corrected chi connectivity index (χ1v) is 9.61. The molecule has 0 fully saturated rings. The second-order valence-electron chi connectivity index (χ2n) is 7.19. The molecule has 186 valence electrons. The summed E-state index contributed by atoms with van der Waals surface area (Å²) in [5, 5.41) is 3.99.